The number of likely N-dealkylation sites (tertiary alicyclic amines) is 1. The lowest BCUT2D eigenvalue weighted by Crippen LogP contribution is -2.32. The van der Waals surface area contributed by atoms with Crippen LogP contribution in [0.15, 0.2) is 40.1 Å². The van der Waals surface area contributed by atoms with Crippen molar-refractivity contribution in [1.82, 2.24) is 14.5 Å². The van der Waals surface area contributed by atoms with Crippen LogP contribution in [-0.2, 0) is 11.3 Å². The van der Waals surface area contributed by atoms with Gasteiger partial charge in [-0.1, -0.05) is 23.9 Å². The summed E-state index contributed by atoms with van der Waals surface area (Å²) in [5, 5.41) is 3.33. The van der Waals surface area contributed by atoms with Crippen molar-refractivity contribution in [2.75, 3.05) is 12.3 Å². The van der Waals surface area contributed by atoms with E-state index in [1.807, 2.05) is 24.8 Å². The Labute approximate surface area is 182 Å². The quantitative estimate of drug-likeness (QED) is 0.311. The average Bonchev–Trinajstić information content (AvgIpc) is 3.43. The van der Waals surface area contributed by atoms with Crippen LogP contribution in [0.1, 0.15) is 34.2 Å². The van der Waals surface area contributed by atoms with Gasteiger partial charge in [0.2, 0.25) is 5.91 Å². The average molecular weight is 446 g/mol. The Balaban J connectivity index is 1.59. The van der Waals surface area contributed by atoms with E-state index in [2.05, 4.69) is 18.0 Å². The number of thiophene rings is 2. The molecule has 0 N–H and O–H groups in total. The summed E-state index contributed by atoms with van der Waals surface area (Å²) in [4.78, 5) is 35.8. The highest BCUT2D eigenvalue weighted by atomic mass is 32.2. The predicted molar refractivity (Wildman–Crippen MR) is 122 cm³/mol. The second-order valence-electron chi connectivity index (χ2n) is 7.11. The van der Waals surface area contributed by atoms with Gasteiger partial charge in [-0.25, -0.2) is 4.98 Å². The van der Waals surface area contributed by atoms with E-state index in [4.69, 9.17) is 4.98 Å². The van der Waals surface area contributed by atoms with Crippen LogP contribution in [0.2, 0.25) is 0 Å². The van der Waals surface area contributed by atoms with Gasteiger partial charge in [0.15, 0.2) is 5.16 Å². The van der Waals surface area contributed by atoms with Gasteiger partial charge in [-0.2, -0.15) is 0 Å². The minimum absolute atomic E-state index is 0.0515. The number of hydrogen-bond donors (Lipinski definition) is 0. The van der Waals surface area contributed by atoms with E-state index in [0.717, 1.165) is 34.7 Å². The standard InChI is InChI=1S/C21H23N3O2S3/c1-4-9-24-20(26)18-13(2)14(3)29-19(18)22-21(24)28-12-17(25)23-10-5-7-15(23)16-8-6-11-27-16/h4,6,8,11,15H,1,5,7,9-10,12H2,2-3H3. The lowest BCUT2D eigenvalue weighted by molar-refractivity contribution is -0.129. The highest BCUT2D eigenvalue weighted by Gasteiger charge is 2.30. The van der Waals surface area contributed by atoms with Crippen LogP contribution < -0.4 is 5.56 Å². The Morgan fingerprint density at radius 3 is 3.00 bits per heavy atom. The molecule has 0 bridgehead atoms. The summed E-state index contributed by atoms with van der Waals surface area (Å²) in [5.41, 5.74) is 0.938. The van der Waals surface area contributed by atoms with Crippen molar-refractivity contribution in [2.45, 2.75) is 44.4 Å². The number of rotatable bonds is 6. The lowest BCUT2D eigenvalue weighted by Gasteiger charge is -2.24. The summed E-state index contributed by atoms with van der Waals surface area (Å²) in [6.07, 6.45) is 3.73. The largest absolute Gasteiger partial charge is 0.334 e. The van der Waals surface area contributed by atoms with Gasteiger partial charge in [0.05, 0.1) is 17.2 Å². The van der Waals surface area contributed by atoms with Crippen molar-refractivity contribution in [2.24, 2.45) is 0 Å². The molecule has 5 nitrogen and oxygen atoms in total. The summed E-state index contributed by atoms with van der Waals surface area (Å²) in [5.74, 6) is 0.379. The predicted octanol–water partition coefficient (Wildman–Crippen LogP) is 4.78. The molecule has 1 atom stereocenters. The van der Waals surface area contributed by atoms with Crippen molar-refractivity contribution >= 4 is 50.6 Å². The summed E-state index contributed by atoms with van der Waals surface area (Å²) in [7, 11) is 0. The van der Waals surface area contributed by atoms with Crippen molar-refractivity contribution in [3.05, 3.63) is 55.8 Å². The summed E-state index contributed by atoms with van der Waals surface area (Å²) in [6.45, 7) is 8.92. The van der Waals surface area contributed by atoms with Crippen molar-refractivity contribution in [3.63, 3.8) is 0 Å². The van der Waals surface area contributed by atoms with E-state index in [9.17, 15) is 9.59 Å². The zero-order valence-corrected chi connectivity index (χ0v) is 19.0. The molecule has 1 amide bonds. The Morgan fingerprint density at radius 1 is 1.45 bits per heavy atom. The smallest absolute Gasteiger partial charge is 0.263 e. The number of allylic oxidation sites excluding steroid dienone is 1. The molecule has 1 saturated heterocycles. The topological polar surface area (TPSA) is 55.2 Å². The number of aromatic nitrogens is 2. The molecule has 0 spiro atoms. The van der Waals surface area contributed by atoms with Crippen LogP contribution in [0.4, 0.5) is 0 Å². The molecule has 4 rings (SSSR count). The highest BCUT2D eigenvalue weighted by Crippen LogP contribution is 2.35. The van der Waals surface area contributed by atoms with Gasteiger partial charge in [0.25, 0.3) is 5.56 Å². The van der Waals surface area contributed by atoms with E-state index in [0.29, 0.717) is 17.1 Å². The molecule has 3 aromatic rings. The maximum absolute atomic E-state index is 13.1. The van der Waals surface area contributed by atoms with Crippen molar-refractivity contribution in [3.8, 4) is 0 Å². The zero-order valence-electron chi connectivity index (χ0n) is 16.5. The van der Waals surface area contributed by atoms with Crippen molar-refractivity contribution in [1.29, 1.82) is 0 Å². The van der Waals surface area contributed by atoms with Gasteiger partial charge >= 0.3 is 0 Å². The minimum Gasteiger partial charge on any atom is -0.334 e. The fraction of sp³-hybridized carbons (Fsp3) is 0.381. The third kappa shape index (κ3) is 3.81. The van der Waals surface area contributed by atoms with Crippen LogP contribution in [0.25, 0.3) is 10.2 Å². The number of fused-ring (bicyclic) bond motifs is 1. The fourth-order valence-electron chi connectivity index (χ4n) is 3.76. The molecular weight excluding hydrogens is 422 g/mol. The second-order valence-corrected chi connectivity index (χ2v) is 10.2. The molecule has 1 aliphatic heterocycles. The number of carbonyl (C=O) groups excluding carboxylic acids is 1. The molecule has 1 aliphatic rings. The Bertz CT molecular complexity index is 1110. The first kappa shape index (κ1) is 20.4. The molecule has 1 unspecified atom stereocenters. The molecule has 152 valence electrons. The van der Waals surface area contributed by atoms with Crippen molar-refractivity contribution < 1.29 is 4.79 Å². The van der Waals surface area contributed by atoms with E-state index in [1.165, 1.54) is 28.0 Å². The normalized spacial score (nSPS) is 16.6. The minimum atomic E-state index is -0.0515. The number of carbonyl (C=O) groups is 1. The van der Waals surface area contributed by atoms with Gasteiger partial charge in [-0.3, -0.25) is 14.2 Å². The third-order valence-electron chi connectivity index (χ3n) is 5.34. The SMILES string of the molecule is C=CCn1c(SCC(=O)N2CCCC2c2cccs2)nc2sc(C)c(C)c2c1=O. The summed E-state index contributed by atoms with van der Waals surface area (Å²) < 4.78 is 1.63. The molecule has 1 fully saturated rings. The zero-order chi connectivity index (χ0) is 20.5. The lowest BCUT2D eigenvalue weighted by atomic mass is 10.2. The van der Waals surface area contributed by atoms with Gasteiger partial charge in [-0.15, -0.1) is 29.3 Å². The van der Waals surface area contributed by atoms with Gasteiger partial charge in [-0.05, 0) is 43.7 Å². The van der Waals surface area contributed by atoms with Gasteiger partial charge in [0, 0.05) is 22.8 Å². The van der Waals surface area contributed by atoms with E-state index >= 15 is 0 Å². The number of nitrogens with zero attached hydrogens (tertiary/aromatic N) is 3. The van der Waals surface area contributed by atoms with E-state index in [1.54, 1.807) is 22.0 Å². The molecular formula is C21H23N3O2S3. The fourth-order valence-corrected chi connectivity index (χ4v) is 6.60. The number of hydrogen-bond acceptors (Lipinski definition) is 6. The maximum atomic E-state index is 13.1. The monoisotopic (exact) mass is 445 g/mol. The third-order valence-corrected chi connectivity index (χ3v) is 8.37. The molecule has 4 heterocycles. The van der Waals surface area contributed by atoms with Crippen LogP contribution in [-0.4, -0.2) is 32.7 Å². The van der Waals surface area contributed by atoms with Crippen LogP contribution in [0, 0.1) is 13.8 Å². The molecule has 8 heteroatoms. The summed E-state index contributed by atoms with van der Waals surface area (Å²) in [6, 6.07) is 4.32. The molecule has 0 radical (unpaired) electrons. The summed E-state index contributed by atoms with van der Waals surface area (Å²) >= 11 is 4.59. The molecule has 29 heavy (non-hydrogen) atoms. The molecule has 0 aliphatic carbocycles. The van der Waals surface area contributed by atoms with Crippen LogP contribution in [0.5, 0.6) is 0 Å². The first-order valence-corrected chi connectivity index (χ1v) is 12.3. The number of aryl methyl sites for hydroxylation is 2. The molecule has 0 aromatic carbocycles. The van der Waals surface area contributed by atoms with E-state index in [-0.39, 0.29) is 23.3 Å². The first-order chi connectivity index (χ1) is 14.0. The van der Waals surface area contributed by atoms with Gasteiger partial charge < -0.3 is 4.90 Å². The van der Waals surface area contributed by atoms with Crippen LogP contribution in [0.3, 0.4) is 0 Å². The number of thioether (sulfide) groups is 1. The Kier molecular flexibility index (Phi) is 5.94. The second kappa shape index (κ2) is 8.45. The number of amides is 1. The first-order valence-electron chi connectivity index (χ1n) is 9.58. The highest BCUT2D eigenvalue weighted by molar-refractivity contribution is 7.99. The Hall–Kier alpha value is -1.90. The van der Waals surface area contributed by atoms with Crippen LogP contribution >= 0.6 is 34.4 Å². The maximum Gasteiger partial charge on any atom is 0.263 e. The van der Waals surface area contributed by atoms with E-state index < -0.39 is 0 Å². The Morgan fingerprint density at radius 2 is 2.28 bits per heavy atom. The molecule has 0 saturated carbocycles. The molecule has 3 aromatic heterocycles. The van der Waals surface area contributed by atoms with Gasteiger partial charge in [0.1, 0.15) is 4.83 Å².